The second-order valence-electron chi connectivity index (χ2n) is 4.18. The maximum absolute atomic E-state index is 12.8. The predicted molar refractivity (Wildman–Crippen MR) is 73.4 cm³/mol. The summed E-state index contributed by atoms with van der Waals surface area (Å²) in [6.45, 7) is 0. The molecule has 0 bridgehead atoms. The van der Waals surface area contributed by atoms with Crippen molar-refractivity contribution >= 4 is 23.4 Å². The first-order chi connectivity index (χ1) is 9.77. The molecular weight excluding hydrogens is 303 g/mol. The van der Waals surface area contributed by atoms with Gasteiger partial charge in [-0.15, -0.1) is 0 Å². The van der Waals surface area contributed by atoms with Crippen molar-refractivity contribution in [2.45, 2.75) is 16.0 Å². The fourth-order valence-corrected chi connectivity index (χ4v) is 2.50. The fourth-order valence-electron chi connectivity index (χ4n) is 1.65. The Bertz CT molecular complexity index is 669. The molecule has 2 aromatic rings. The highest BCUT2D eigenvalue weighted by molar-refractivity contribution is 7.99. The molecule has 0 atom stereocenters. The van der Waals surface area contributed by atoms with Crippen molar-refractivity contribution in [2.24, 2.45) is 0 Å². The molecule has 0 saturated carbocycles. The lowest BCUT2D eigenvalue weighted by atomic mass is 10.2. The lowest BCUT2D eigenvalue weighted by molar-refractivity contribution is -0.137. The number of nitrogens with two attached hydrogens (primary N) is 1. The molecule has 0 radical (unpaired) electrons. The van der Waals surface area contributed by atoms with Crippen molar-refractivity contribution in [2.75, 3.05) is 5.73 Å². The molecule has 21 heavy (non-hydrogen) atoms. The van der Waals surface area contributed by atoms with Gasteiger partial charge in [-0.3, -0.25) is 0 Å². The molecule has 0 saturated heterocycles. The van der Waals surface area contributed by atoms with Gasteiger partial charge < -0.3 is 10.8 Å². The summed E-state index contributed by atoms with van der Waals surface area (Å²) in [5.74, 6) is -1.06. The van der Waals surface area contributed by atoms with Crippen LogP contribution in [-0.4, -0.2) is 11.1 Å². The van der Waals surface area contributed by atoms with Crippen LogP contribution < -0.4 is 5.73 Å². The second-order valence-corrected chi connectivity index (χ2v) is 5.33. The predicted octanol–water partition coefficient (Wildman–Crippen LogP) is 4.14. The average molecular weight is 313 g/mol. The van der Waals surface area contributed by atoms with Crippen LogP contribution in [0.2, 0.25) is 0 Å². The Kier molecular flexibility index (Phi) is 4.13. The summed E-state index contributed by atoms with van der Waals surface area (Å²) in [6.07, 6.45) is -4.51. The van der Waals surface area contributed by atoms with E-state index in [9.17, 15) is 18.0 Å². The number of nitrogen functional groups attached to an aromatic ring is 1. The normalized spacial score (nSPS) is 11.4. The highest BCUT2D eigenvalue weighted by Crippen LogP contribution is 2.37. The van der Waals surface area contributed by atoms with Gasteiger partial charge in [0.2, 0.25) is 0 Å². The largest absolute Gasteiger partial charge is 0.478 e. The second kappa shape index (κ2) is 5.69. The first-order valence-corrected chi connectivity index (χ1v) is 6.57. The van der Waals surface area contributed by atoms with Gasteiger partial charge in [-0.2, -0.15) is 13.2 Å². The van der Waals surface area contributed by atoms with Gasteiger partial charge in [-0.1, -0.05) is 11.8 Å². The molecule has 0 aromatic heterocycles. The van der Waals surface area contributed by atoms with E-state index in [2.05, 4.69) is 0 Å². The number of benzene rings is 2. The third-order valence-electron chi connectivity index (χ3n) is 2.67. The van der Waals surface area contributed by atoms with Crippen LogP contribution in [-0.2, 0) is 6.18 Å². The van der Waals surface area contributed by atoms with Crippen molar-refractivity contribution in [1.29, 1.82) is 0 Å². The van der Waals surface area contributed by atoms with Crippen molar-refractivity contribution in [3.63, 3.8) is 0 Å². The summed E-state index contributed by atoms with van der Waals surface area (Å²) >= 11 is 1.10. The number of carbonyl (C=O) groups is 1. The zero-order valence-electron chi connectivity index (χ0n) is 10.5. The van der Waals surface area contributed by atoms with E-state index in [4.69, 9.17) is 10.8 Å². The highest BCUT2D eigenvalue weighted by atomic mass is 32.2. The maximum atomic E-state index is 12.8. The van der Waals surface area contributed by atoms with Crippen LogP contribution in [0.4, 0.5) is 18.9 Å². The first-order valence-electron chi connectivity index (χ1n) is 5.75. The van der Waals surface area contributed by atoms with Crippen molar-refractivity contribution in [3.8, 4) is 0 Å². The first kappa shape index (κ1) is 15.2. The van der Waals surface area contributed by atoms with E-state index in [1.807, 2.05) is 0 Å². The van der Waals surface area contributed by atoms with Crippen LogP contribution in [0.15, 0.2) is 52.3 Å². The minimum Gasteiger partial charge on any atom is -0.478 e. The SMILES string of the molecule is Nc1ccc(Sc2ccc(C(=O)O)cc2)cc1C(F)(F)F. The number of carboxylic acid groups (broad SMARTS) is 1. The van der Waals surface area contributed by atoms with Crippen LogP contribution in [0.5, 0.6) is 0 Å². The summed E-state index contributed by atoms with van der Waals surface area (Å²) in [5, 5.41) is 8.78. The summed E-state index contributed by atoms with van der Waals surface area (Å²) in [5.41, 5.74) is 4.24. The van der Waals surface area contributed by atoms with Gasteiger partial charge in [0.1, 0.15) is 0 Å². The average Bonchev–Trinajstić information content (AvgIpc) is 2.40. The van der Waals surface area contributed by atoms with Crippen LogP contribution in [0.25, 0.3) is 0 Å². The molecule has 0 fully saturated rings. The molecular formula is C14H10F3NO2S. The van der Waals surface area contributed by atoms with Gasteiger partial charge in [0.25, 0.3) is 0 Å². The molecule has 0 aliphatic rings. The Balaban J connectivity index is 2.26. The lowest BCUT2D eigenvalue weighted by Gasteiger charge is -2.11. The number of halogens is 3. The van der Waals surface area contributed by atoms with Crippen molar-refractivity contribution in [1.82, 2.24) is 0 Å². The molecule has 3 nitrogen and oxygen atoms in total. The van der Waals surface area contributed by atoms with Gasteiger partial charge in [-0.25, -0.2) is 4.79 Å². The van der Waals surface area contributed by atoms with Gasteiger partial charge in [-0.05, 0) is 42.5 Å². The van der Waals surface area contributed by atoms with Crippen LogP contribution in [0, 0.1) is 0 Å². The van der Waals surface area contributed by atoms with E-state index >= 15 is 0 Å². The van der Waals surface area contributed by atoms with Gasteiger partial charge in [0.15, 0.2) is 0 Å². The summed E-state index contributed by atoms with van der Waals surface area (Å²) < 4.78 is 38.3. The Hall–Kier alpha value is -2.15. The molecule has 7 heteroatoms. The maximum Gasteiger partial charge on any atom is 0.418 e. The molecule has 2 aromatic carbocycles. The number of carboxylic acids is 1. The molecule has 0 unspecified atom stereocenters. The lowest BCUT2D eigenvalue weighted by Crippen LogP contribution is -2.08. The molecule has 110 valence electrons. The number of rotatable bonds is 3. The number of hydrogen-bond donors (Lipinski definition) is 2. The van der Waals surface area contributed by atoms with E-state index in [-0.39, 0.29) is 11.3 Å². The summed E-state index contributed by atoms with van der Waals surface area (Å²) in [4.78, 5) is 11.7. The monoisotopic (exact) mass is 313 g/mol. The summed E-state index contributed by atoms with van der Waals surface area (Å²) in [6, 6.07) is 9.54. The Morgan fingerprint density at radius 3 is 2.14 bits per heavy atom. The number of hydrogen-bond acceptors (Lipinski definition) is 3. The molecule has 0 spiro atoms. The molecule has 3 N–H and O–H groups in total. The van der Waals surface area contributed by atoms with E-state index in [0.717, 1.165) is 17.8 Å². The van der Waals surface area contributed by atoms with Crippen LogP contribution in [0.1, 0.15) is 15.9 Å². The number of aromatic carboxylic acids is 1. The van der Waals surface area contributed by atoms with E-state index in [0.29, 0.717) is 9.79 Å². The zero-order chi connectivity index (χ0) is 15.6. The van der Waals surface area contributed by atoms with E-state index in [1.54, 1.807) is 0 Å². The Morgan fingerprint density at radius 2 is 1.62 bits per heavy atom. The minimum absolute atomic E-state index is 0.118. The summed E-state index contributed by atoms with van der Waals surface area (Å²) in [7, 11) is 0. The third kappa shape index (κ3) is 3.69. The van der Waals surface area contributed by atoms with E-state index < -0.39 is 17.7 Å². The zero-order valence-corrected chi connectivity index (χ0v) is 11.3. The van der Waals surface area contributed by atoms with Gasteiger partial charge in [0.05, 0.1) is 11.1 Å². The van der Waals surface area contributed by atoms with Crippen molar-refractivity contribution < 1.29 is 23.1 Å². The Morgan fingerprint density at radius 1 is 1.05 bits per heavy atom. The van der Waals surface area contributed by atoms with Crippen LogP contribution in [0.3, 0.4) is 0 Å². The quantitative estimate of drug-likeness (QED) is 0.836. The molecule has 0 aliphatic carbocycles. The van der Waals surface area contributed by atoms with Crippen LogP contribution >= 0.6 is 11.8 Å². The third-order valence-corrected chi connectivity index (χ3v) is 3.66. The topological polar surface area (TPSA) is 63.3 Å². The minimum atomic E-state index is -4.51. The molecule has 0 aliphatic heterocycles. The standard InChI is InChI=1S/C14H10F3NO2S/c15-14(16,17)11-7-10(5-6-12(11)18)21-9-3-1-8(2-4-9)13(19)20/h1-7H,18H2,(H,19,20). The highest BCUT2D eigenvalue weighted by Gasteiger charge is 2.33. The smallest absolute Gasteiger partial charge is 0.418 e. The van der Waals surface area contributed by atoms with Gasteiger partial charge >= 0.3 is 12.1 Å². The Labute approximate surface area is 122 Å². The molecule has 0 heterocycles. The molecule has 2 rings (SSSR count). The van der Waals surface area contributed by atoms with E-state index in [1.165, 1.54) is 36.4 Å². The molecule has 0 amide bonds. The van der Waals surface area contributed by atoms with Gasteiger partial charge in [0, 0.05) is 15.5 Å². The number of alkyl halides is 3. The number of anilines is 1. The fraction of sp³-hybridized carbons (Fsp3) is 0.0714. The van der Waals surface area contributed by atoms with Crippen molar-refractivity contribution in [3.05, 3.63) is 53.6 Å².